The highest BCUT2D eigenvalue weighted by molar-refractivity contribution is 5.99. The van der Waals surface area contributed by atoms with Gasteiger partial charge in [-0.15, -0.1) is 0 Å². The van der Waals surface area contributed by atoms with Crippen LogP contribution in [0.2, 0.25) is 0 Å². The molecule has 0 atom stereocenters. The molecule has 76 valence electrons. The van der Waals surface area contributed by atoms with E-state index in [9.17, 15) is 4.79 Å². The van der Waals surface area contributed by atoms with Gasteiger partial charge in [0.2, 0.25) is 0 Å². The number of hydrogen-bond acceptors (Lipinski definition) is 4. The lowest BCUT2D eigenvalue weighted by Gasteiger charge is -2.10. The maximum absolute atomic E-state index is 10.9. The lowest BCUT2D eigenvalue weighted by atomic mass is 10.1. The summed E-state index contributed by atoms with van der Waals surface area (Å²) < 4.78 is 5.12. The number of hydrogen-bond donors (Lipinski definition) is 3. The molecule has 0 aliphatic carbocycles. The van der Waals surface area contributed by atoms with Gasteiger partial charge in [-0.1, -0.05) is 0 Å². The highest BCUT2D eigenvalue weighted by atomic mass is 16.5. The third-order valence-electron chi connectivity index (χ3n) is 1.75. The zero-order chi connectivity index (χ0) is 10.7. The van der Waals surface area contributed by atoms with Gasteiger partial charge in [0.1, 0.15) is 11.3 Å². The van der Waals surface area contributed by atoms with E-state index in [1.165, 1.54) is 12.1 Å². The Balaban J connectivity index is 3.30. The Hall–Kier alpha value is -1.91. The Morgan fingerprint density at radius 3 is 2.64 bits per heavy atom. The fourth-order valence-electron chi connectivity index (χ4n) is 1.11. The van der Waals surface area contributed by atoms with E-state index in [2.05, 4.69) is 0 Å². The molecule has 0 saturated heterocycles. The van der Waals surface area contributed by atoms with Gasteiger partial charge in [-0.25, -0.2) is 4.79 Å². The molecule has 0 amide bonds. The topological polar surface area (TPSA) is 98.6 Å². The lowest BCUT2D eigenvalue weighted by molar-refractivity contribution is 0.0694. The van der Waals surface area contributed by atoms with Crippen LogP contribution in [0.25, 0.3) is 0 Å². The summed E-state index contributed by atoms with van der Waals surface area (Å²) in [5.41, 5.74) is 11.2. The van der Waals surface area contributed by atoms with Crippen LogP contribution in [-0.4, -0.2) is 17.7 Å². The van der Waals surface area contributed by atoms with E-state index in [1.807, 2.05) is 0 Å². The number of carboxylic acid groups (broad SMARTS) is 1. The summed E-state index contributed by atoms with van der Waals surface area (Å²) in [5, 5.41) is 8.88. The molecule has 0 aromatic heterocycles. The molecule has 1 aromatic carbocycles. The van der Waals surface area contributed by atoms with Crippen molar-refractivity contribution >= 4 is 17.3 Å². The Bertz CT molecular complexity index is 363. The monoisotopic (exact) mass is 196 g/mol. The molecule has 0 spiro atoms. The number of nitrogen functional groups attached to an aromatic ring is 2. The first-order chi connectivity index (χ1) is 6.57. The summed E-state index contributed by atoms with van der Waals surface area (Å²) in [6.07, 6.45) is 0. The second kappa shape index (κ2) is 3.87. The van der Waals surface area contributed by atoms with Crippen LogP contribution >= 0.6 is 0 Å². The van der Waals surface area contributed by atoms with Crippen LogP contribution in [0, 0.1) is 0 Å². The third-order valence-corrected chi connectivity index (χ3v) is 1.75. The van der Waals surface area contributed by atoms with Gasteiger partial charge >= 0.3 is 5.97 Å². The Morgan fingerprint density at radius 1 is 1.50 bits per heavy atom. The van der Waals surface area contributed by atoms with E-state index in [1.54, 1.807) is 6.92 Å². The molecule has 14 heavy (non-hydrogen) atoms. The van der Waals surface area contributed by atoms with Crippen molar-refractivity contribution in [2.24, 2.45) is 0 Å². The third kappa shape index (κ3) is 1.71. The van der Waals surface area contributed by atoms with Crippen LogP contribution < -0.4 is 16.2 Å². The largest absolute Gasteiger partial charge is 0.493 e. The van der Waals surface area contributed by atoms with Gasteiger partial charge in [0, 0.05) is 0 Å². The molecule has 0 radical (unpaired) electrons. The maximum atomic E-state index is 10.9. The van der Waals surface area contributed by atoms with Gasteiger partial charge in [0.25, 0.3) is 0 Å². The molecule has 1 rings (SSSR count). The molecule has 0 aliphatic rings. The second-order valence-electron chi connectivity index (χ2n) is 2.68. The Morgan fingerprint density at radius 2 is 2.14 bits per heavy atom. The van der Waals surface area contributed by atoms with Crippen molar-refractivity contribution in [3.05, 3.63) is 17.7 Å². The van der Waals surface area contributed by atoms with Gasteiger partial charge in [-0.2, -0.15) is 0 Å². The fourth-order valence-corrected chi connectivity index (χ4v) is 1.11. The van der Waals surface area contributed by atoms with Gasteiger partial charge in [0.15, 0.2) is 0 Å². The lowest BCUT2D eigenvalue weighted by Crippen LogP contribution is -2.08. The Kier molecular flexibility index (Phi) is 2.81. The molecular formula is C9H12N2O3. The predicted molar refractivity (Wildman–Crippen MR) is 53.4 cm³/mol. The van der Waals surface area contributed by atoms with Gasteiger partial charge in [-0.3, -0.25) is 0 Å². The number of carbonyl (C=O) groups is 1. The molecule has 5 heteroatoms. The molecule has 0 saturated carbocycles. The highest BCUT2D eigenvalue weighted by Gasteiger charge is 2.16. The predicted octanol–water partition coefficient (Wildman–Crippen LogP) is 0.948. The normalized spacial score (nSPS) is 9.79. The molecule has 0 heterocycles. The fraction of sp³-hybridized carbons (Fsp3) is 0.222. The van der Waals surface area contributed by atoms with E-state index in [4.69, 9.17) is 21.3 Å². The quantitative estimate of drug-likeness (QED) is 0.625. The Labute approximate surface area is 81.3 Å². The van der Waals surface area contributed by atoms with E-state index >= 15 is 0 Å². The second-order valence-corrected chi connectivity index (χ2v) is 2.68. The van der Waals surface area contributed by atoms with Crippen LogP contribution in [0.5, 0.6) is 5.75 Å². The molecule has 0 aliphatic heterocycles. The highest BCUT2D eigenvalue weighted by Crippen LogP contribution is 2.29. The molecular weight excluding hydrogens is 184 g/mol. The van der Waals surface area contributed by atoms with Gasteiger partial charge < -0.3 is 21.3 Å². The summed E-state index contributed by atoms with van der Waals surface area (Å²) in [6, 6.07) is 3.02. The summed E-state index contributed by atoms with van der Waals surface area (Å²) >= 11 is 0. The van der Waals surface area contributed by atoms with Crippen molar-refractivity contribution < 1.29 is 14.6 Å². The average Bonchev–Trinajstić information content (AvgIpc) is 2.11. The number of anilines is 2. The zero-order valence-corrected chi connectivity index (χ0v) is 7.78. The first kappa shape index (κ1) is 10.2. The molecule has 5 nitrogen and oxygen atoms in total. The number of benzene rings is 1. The molecule has 5 N–H and O–H groups in total. The molecule has 0 unspecified atom stereocenters. The van der Waals surface area contributed by atoms with Crippen molar-refractivity contribution in [2.75, 3.05) is 18.1 Å². The minimum absolute atomic E-state index is 0.0449. The SMILES string of the molecule is CCOc1ccc(N)c(N)c1C(=O)O. The van der Waals surface area contributed by atoms with Gasteiger partial charge in [0.05, 0.1) is 18.0 Å². The van der Waals surface area contributed by atoms with Crippen LogP contribution in [0.15, 0.2) is 12.1 Å². The van der Waals surface area contributed by atoms with Crippen molar-refractivity contribution in [3.63, 3.8) is 0 Å². The first-order valence-corrected chi connectivity index (χ1v) is 4.12. The number of ether oxygens (including phenoxy) is 1. The summed E-state index contributed by atoms with van der Waals surface area (Å²) in [5.74, 6) is -0.898. The van der Waals surface area contributed by atoms with Crippen molar-refractivity contribution in [2.45, 2.75) is 6.92 Å². The molecule has 1 aromatic rings. The van der Waals surface area contributed by atoms with Crippen LogP contribution in [0.3, 0.4) is 0 Å². The van der Waals surface area contributed by atoms with E-state index in [0.29, 0.717) is 6.61 Å². The van der Waals surface area contributed by atoms with Gasteiger partial charge in [-0.05, 0) is 19.1 Å². The number of nitrogens with two attached hydrogens (primary N) is 2. The van der Waals surface area contributed by atoms with Crippen LogP contribution in [0.1, 0.15) is 17.3 Å². The van der Waals surface area contributed by atoms with Crippen LogP contribution in [-0.2, 0) is 0 Å². The zero-order valence-electron chi connectivity index (χ0n) is 7.78. The van der Waals surface area contributed by atoms with Crippen molar-refractivity contribution in [1.29, 1.82) is 0 Å². The maximum Gasteiger partial charge on any atom is 0.341 e. The number of rotatable bonds is 3. The summed E-state index contributed by atoms with van der Waals surface area (Å²) in [7, 11) is 0. The minimum atomic E-state index is -1.14. The van der Waals surface area contributed by atoms with E-state index in [-0.39, 0.29) is 22.7 Å². The molecule has 0 bridgehead atoms. The van der Waals surface area contributed by atoms with Crippen molar-refractivity contribution in [3.8, 4) is 5.75 Å². The minimum Gasteiger partial charge on any atom is -0.493 e. The summed E-state index contributed by atoms with van der Waals surface area (Å²) in [6.45, 7) is 2.14. The van der Waals surface area contributed by atoms with Crippen molar-refractivity contribution in [1.82, 2.24) is 0 Å². The van der Waals surface area contributed by atoms with E-state index in [0.717, 1.165) is 0 Å². The standard InChI is InChI=1S/C9H12N2O3/c1-2-14-6-4-3-5(10)8(11)7(6)9(12)13/h3-4H,2,10-11H2,1H3,(H,12,13). The number of aromatic carboxylic acids is 1. The van der Waals surface area contributed by atoms with Crippen LogP contribution in [0.4, 0.5) is 11.4 Å². The number of carboxylic acids is 1. The first-order valence-electron chi connectivity index (χ1n) is 4.12. The molecule has 0 fully saturated rings. The summed E-state index contributed by atoms with van der Waals surface area (Å²) in [4.78, 5) is 10.9. The average molecular weight is 196 g/mol. The smallest absolute Gasteiger partial charge is 0.341 e. The van der Waals surface area contributed by atoms with E-state index < -0.39 is 5.97 Å².